The van der Waals surface area contributed by atoms with Crippen molar-refractivity contribution in [1.82, 2.24) is 0 Å². The molecule has 1 saturated heterocycles. The monoisotopic (exact) mass is 302 g/mol. The largest absolute Gasteiger partial charge is 0.312 e. The van der Waals surface area contributed by atoms with E-state index in [-0.39, 0.29) is 24.0 Å². The molecule has 0 bridgehead atoms. The van der Waals surface area contributed by atoms with E-state index < -0.39 is 10.0 Å². The van der Waals surface area contributed by atoms with Crippen LogP contribution in [-0.2, 0) is 14.8 Å². The smallest absolute Gasteiger partial charge is 0.227 e. The molecule has 1 unspecified atom stereocenters. The molecular formula is C12H15ClN2O3S. The van der Waals surface area contributed by atoms with Crippen molar-refractivity contribution in [3.63, 3.8) is 0 Å². The molecule has 1 amide bonds. The summed E-state index contributed by atoms with van der Waals surface area (Å²) in [6.45, 7) is 2.24. The number of nitrogens with zero attached hydrogens (tertiary/aromatic N) is 1. The van der Waals surface area contributed by atoms with Gasteiger partial charge < -0.3 is 4.90 Å². The molecule has 0 saturated carbocycles. The Hall–Kier alpha value is -1.11. The molecule has 1 atom stereocenters. The third-order valence-electron chi connectivity index (χ3n) is 3.12. The van der Waals surface area contributed by atoms with Gasteiger partial charge in [-0.15, -0.1) is 0 Å². The molecule has 5 nitrogen and oxygen atoms in total. The van der Waals surface area contributed by atoms with Gasteiger partial charge in [0.25, 0.3) is 0 Å². The fourth-order valence-electron chi connectivity index (χ4n) is 2.38. The molecule has 7 heteroatoms. The number of benzene rings is 1. The zero-order chi connectivity index (χ0) is 14.2. The van der Waals surface area contributed by atoms with Gasteiger partial charge in [-0.25, -0.2) is 13.6 Å². The number of sulfonamides is 1. The van der Waals surface area contributed by atoms with Gasteiger partial charge in [0.15, 0.2) is 0 Å². The standard InChI is InChI=1S/C12H15ClN2O3S/c1-8-4-10(13)2-3-11(8)15-6-9(5-12(15)16)7-19(14,17)18/h2-4,9H,5-7H2,1H3,(H2,14,17,18). The Balaban J connectivity index is 2.20. The maximum absolute atomic E-state index is 12.0. The first kappa shape index (κ1) is 14.3. The van der Waals surface area contributed by atoms with Gasteiger partial charge in [0.05, 0.1) is 5.75 Å². The summed E-state index contributed by atoms with van der Waals surface area (Å²) in [5.74, 6) is -0.501. The Morgan fingerprint density at radius 2 is 2.16 bits per heavy atom. The molecule has 1 heterocycles. The number of hydrogen-bond donors (Lipinski definition) is 1. The van der Waals surface area contributed by atoms with Crippen LogP contribution in [0.3, 0.4) is 0 Å². The number of anilines is 1. The van der Waals surface area contributed by atoms with Gasteiger partial charge in [-0.05, 0) is 30.7 Å². The second-order valence-electron chi connectivity index (χ2n) is 4.83. The van der Waals surface area contributed by atoms with Gasteiger partial charge in [-0.1, -0.05) is 11.6 Å². The highest BCUT2D eigenvalue weighted by molar-refractivity contribution is 7.89. The van der Waals surface area contributed by atoms with E-state index in [0.717, 1.165) is 11.3 Å². The van der Waals surface area contributed by atoms with Gasteiger partial charge in [0.1, 0.15) is 0 Å². The number of aryl methyl sites for hydroxylation is 1. The highest BCUT2D eigenvalue weighted by Crippen LogP contribution is 2.29. The lowest BCUT2D eigenvalue weighted by atomic mass is 10.1. The Morgan fingerprint density at radius 1 is 1.47 bits per heavy atom. The third kappa shape index (κ3) is 3.46. The van der Waals surface area contributed by atoms with Crippen molar-refractivity contribution in [1.29, 1.82) is 0 Å². The summed E-state index contributed by atoms with van der Waals surface area (Å²) in [6.07, 6.45) is 0.207. The van der Waals surface area contributed by atoms with Crippen LogP contribution in [0.4, 0.5) is 5.69 Å². The fraction of sp³-hybridized carbons (Fsp3) is 0.417. The van der Waals surface area contributed by atoms with Crippen LogP contribution in [0.2, 0.25) is 5.02 Å². The van der Waals surface area contributed by atoms with E-state index in [4.69, 9.17) is 16.7 Å². The van der Waals surface area contributed by atoms with Gasteiger partial charge >= 0.3 is 0 Å². The number of rotatable bonds is 3. The number of amides is 1. The van der Waals surface area contributed by atoms with E-state index in [1.54, 1.807) is 23.1 Å². The number of carbonyl (C=O) groups excluding carboxylic acids is 1. The Kier molecular flexibility index (Phi) is 3.85. The van der Waals surface area contributed by atoms with Crippen molar-refractivity contribution in [2.24, 2.45) is 11.1 Å². The molecule has 104 valence electrons. The first-order valence-electron chi connectivity index (χ1n) is 5.83. The summed E-state index contributed by atoms with van der Waals surface area (Å²) in [4.78, 5) is 13.6. The summed E-state index contributed by atoms with van der Waals surface area (Å²) in [5.41, 5.74) is 1.66. The van der Waals surface area contributed by atoms with Gasteiger partial charge in [0.2, 0.25) is 15.9 Å². The molecule has 0 radical (unpaired) electrons. The molecule has 1 fully saturated rings. The molecule has 1 aliphatic rings. The van der Waals surface area contributed by atoms with Crippen LogP contribution >= 0.6 is 11.6 Å². The highest BCUT2D eigenvalue weighted by Gasteiger charge is 2.33. The maximum Gasteiger partial charge on any atom is 0.227 e. The average molecular weight is 303 g/mol. The van der Waals surface area contributed by atoms with Gasteiger partial charge in [-0.3, -0.25) is 4.79 Å². The van der Waals surface area contributed by atoms with Gasteiger partial charge in [-0.2, -0.15) is 0 Å². The Bertz CT molecular complexity index is 615. The zero-order valence-electron chi connectivity index (χ0n) is 10.5. The normalized spacial score (nSPS) is 20.1. The molecule has 0 aromatic heterocycles. The van der Waals surface area contributed by atoms with Crippen molar-refractivity contribution in [2.45, 2.75) is 13.3 Å². The zero-order valence-corrected chi connectivity index (χ0v) is 12.0. The second kappa shape index (κ2) is 5.11. The third-order valence-corrected chi connectivity index (χ3v) is 4.29. The predicted molar refractivity (Wildman–Crippen MR) is 74.6 cm³/mol. The molecule has 1 aromatic rings. The molecule has 0 aliphatic carbocycles. The molecule has 2 rings (SSSR count). The summed E-state index contributed by atoms with van der Waals surface area (Å²) in [6, 6.07) is 5.26. The number of primary sulfonamides is 1. The van der Waals surface area contributed by atoms with Crippen molar-refractivity contribution in [2.75, 3.05) is 17.2 Å². The quantitative estimate of drug-likeness (QED) is 0.913. The first-order chi connectivity index (χ1) is 8.76. The summed E-state index contributed by atoms with van der Waals surface area (Å²) in [5, 5.41) is 5.63. The number of halogens is 1. The van der Waals surface area contributed by atoms with Crippen molar-refractivity contribution < 1.29 is 13.2 Å². The Morgan fingerprint density at radius 3 is 2.74 bits per heavy atom. The molecular weight excluding hydrogens is 288 g/mol. The minimum absolute atomic E-state index is 0.0842. The summed E-state index contributed by atoms with van der Waals surface area (Å²) >= 11 is 5.88. The van der Waals surface area contributed by atoms with Crippen LogP contribution < -0.4 is 10.0 Å². The predicted octanol–water partition coefficient (Wildman–Crippen LogP) is 1.29. The van der Waals surface area contributed by atoms with E-state index in [1.165, 1.54) is 0 Å². The van der Waals surface area contributed by atoms with E-state index in [0.29, 0.717) is 11.6 Å². The molecule has 0 spiro atoms. The molecule has 19 heavy (non-hydrogen) atoms. The lowest BCUT2D eigenvalue weighted by molar-refractivity contribution is -0.117. The Labute approximate surface area is 117 Å². The molecule has 1 aliphatic heterocycles. The van der Waals surface area contributed by atoms with Crippen LogP contribution in [0, 0.1) is 12.8 Å². The minimum atomic E-state index is -3.55. The van der Waals surface area contributed by atoms with Crippen LogP contribution in [0.1, 0.15) is 12.0 Å². The first-order valence-corrected chi connectivity index (χ1v) is 7.92. The van der Waals surface area contributed by atoms with E-state index in [9.17, 15) is 13.2 Å². The number of carbonyl (C=O) groups is 1. The lowest BCUT2D eigenvalue weighted by Gasteiger charge is -2.19. The number of hydrogen-bond acceptors (Lipinski definition) is 3. The molecule has 1 aromatic carbocycles. The summed E-state index contributed by atoms with van der Waals surface area (Å²) in [7, 11) is -3.55. The topological polar surface area (TPSA) is 80.5 Å². The minimum Gasteiger partial charge on any atom is -0.312 e. The van der Waals surface area contributed by atoms with Crippen LogP contribution in [-0.4, -0.2) is 26.6 Å². The second-order valence-corrected chi connectivity index (χ2v) is 6.93. The van der Waals surface area contributed by atoms with Crippen molar-refractivity contribution >= 4 is 33.2 Å². The average Bonchev–Trinajstić information content (AvgIpc) is 2.56. The maximum atomic E-state index is 12.0. The molecule has 2 N–H and O–H groups in total. The van der Waals surface area contributed by atoms with Crippen molar-refractivity contribution in [3.8, 4) is 0 Å². The van der Waals surface area contributed by atoms with Crippen LogP contribution in [0.5, 0.6) is 0 Å². The number of nitrogens with two attached hydrogens (primary N) is 1. The van der Waals surface area contributed by atoms with Crippen molar-refractivity contribution in [3.05, 3.63) is 28.8 Å². The van der Waals surface area contributed by atoms with Crippen LogP contribution in [0.25, 0.3) is 0 Å². The SMILES string of the molecule is Cc1cc(Cl)ccc1N1CC(CS(N)(=O)=O)CC1=O. The highest BCUT2D eigenvalue weighted by atomic mass is 35.5. The van der Waals surface area contributed by atoms with E-state index in [1.807, 2.05) is 6.92 Å². The lowest BCUT2D eigenvalue weighted by Crippen LogP contribution is -2.27. The fourth-order valence-corrected chi connectivity index (χ4v) is 3.48. The van der Waals surface area contributed by atoms with E-state index in [2.05, 4.69) is 0 Å². The van der Waals surface area contributed by atoms with Gasteiger partial charge in [0, 0.05) is 29.6 Å². The summed E-state index contributed by atoms with van der Waals surface area (Å²) < 4.78 is 22.2. The van der Waals surface area contributed by atoms with Crippen LogP contribution in [0.15, 0.2) is 18.2 Å². The van der Waals surface area contributed by atoms with E-state index >= 15 is 0 Å².